The highest BCUT2D eigenvalue weighted by atomic mass is 16.6. The van der Waals surface area contributed by atoms with Gasteiger partial charge in [-0.2, -0.15) is 5.26 Å². The van der Waals surface area contributed by atoms with Crippen molar-refractivity contribution in [1.29, 1.82) is 5.26 Å². The monoisotopic (exact) mass is 393 g/mol. The van der Waals surface area contributed by atoms with Crippen LogP contribution in [-0.2, 0) is 17.7 Å². The Bertz CT molecular complexity index is 994. The van der Waals surface area contributed by atoms with Gasteiger partial charge in [0.25, 0.3) is 5.56 Å². The van der Waals surface area contributed by atoms with Gasteiger partial charge in [-0.3, -0.25) is 10.1 Å². The molecule has 2 aromatic rings. The number of carbonyl (C=O) groups is 1. The predicted octanol–water partition coefficient (Wildman–Crippen LogP) is 4.25. The molecule has 1 heterocycles. The molecule has 3 rings (SSSR count). The van der Waals surface area contributed by atoms with Crippen LogP contribution < -0.4 is 10.9 Å². The van der Waals surface area contributed by atoms with Gasteiger partial charge in [-0.15, -0.1) is 0 Å². The van der Waals surface area contributed by atoms with Gasteiger partial charge in [0.2, 0.25) is 0 Å². The molecule has 0 radical (unpaired) electrons. The fourth-order valence-electron chi connectivity index (χ4n) is 3.44. The number of amides is 1. The number of hydrogen-bond acceptors (Lipinski definition) is 4. The lowest BCUT2D eigenvalue weighted by Gasteiger charge is -2.20. The smallest absolute Gasteiger partial charge is 0.412 e. The van der Waals surface area contributed by atoms with Crippen LogP contribution in [0.5, 0.6) is 0 Å². The Labute approximate surface area is 171 Å². The molecule has 1 fully saturated rings. The number of rotatable bonds is 5. The quantitative estimate of drug-likeness (QED) is 0.823. The normalized spacial score (nSPS) is 18.0. The van der Waals surface area contributed by atoms with Crippen molar-refractivity contribution in [3.05, 3.63) is 63.6 Å². The third-order valence-corrected chi connectivity index (χ3v) is 5.10. The number of anilines is 1. The van der Waals surface area contributed by atoms with Crippen molar-refractivity contribution in [3.63, 3.8) is 0 Å². The second-order valence-corrected chi connectivity index (χ2v) is 8.70. The van der Waals surface area contributed by atoms with E-state index in [0.29, 0.717) is 23.9 Å². The molecule has 2 atom stereocenters. The lowest BCUT2D eigenvalue weighted by atomic mass is 10.1. The molecule has 0 bridgehead atoms. The Morgan fingerprint density at radius 3 is 2.52 bits per heavy atom. The second kappa shape index (κ2) is 8.12. The minimum Gasteiger partial charge on any atom is -0.444 e. The Balaban J connectivity index is 1.64. The average molecular weight is 393 g/mol. The van der Waals surface area contributed by atoms with Gasteiger partial charge in [0.05, 0.1) is 11.6 Å². The van der Waals surface area contributed by atoms with E-state index in [-0.39, 0.29) is 11.2 Å². The number of nitrogens with one attached hydrogen (secondary N) is 1. The van der Waals surface area contributed by atoms with Crippen LogP contribution in [0.1, 0.15) is 44.0 Å². The van der Waals surface area contributed by atoms with E-state index in [0.717, 1.165) is 18.5 Å². The average Bonchev–Trinajstić information content (AvgIpc) is 3.37. The number of nitrogens with zero attached hydrogens (tertiary/aromatic N) is 2. The van der Waals surface area contributed by atoms with E-state index in [1.807, 2.05) is 37.3 Å². The lowest BCUT2D eigenvalue weighted by Crippen LogP contribution is -2.31. The van der Waals surface area contributed by atoms with Crippen LogP contribution in [0, 0.1) is 30.1 Å². The molecular weight excluding hydrogens is 366 g/mol. The summed E-state index contributed by atoms with van der Waals surface area (Å²) in [6, 6.07) is 13.3. The number of pyridine rings is 1. The van der Waals surface area contributed by atoms with Crippen LogP contribution in [-0.4, -0.2) is 16.3 Å². The zero-order valence-electron chi connectivity index (χ0n) is 17.4. The molecule has 6 heteroatoms. The van der Waals surface area contributed by atoms with Crippen molar-refractivity contribution < 1.29 is 9.53 Å². The molecular formula is C23H27N3O3. The fraction of sp³-hybridized carbons (Fsp3) is 0.435. The highest BCUT2D eigenvalue weighted by Crippen LogP contribution is 2.42. The first-order valence-corrected chi connectivity index (χ1v) is 9.86. The molecule has 1 aromatic carbocycles. The first kappa shape index (κ1) is 20.7. The van der Waals surface area contributed by atoms with Crippen molar-refractivity contribution in [2.75, 3.05) is 5.32 Å². The van der Waals surface area contributed by atoms with E-state index in [1.165, 1.54) is 5.56 Å². The van der Waals surface area contributed by atoms with E-state index in [1.54, 1.807) is 31.4 Å². The molecule has 1 aliphatic rings. The maximum atomic E-state index is 12.9. The fourth-order valence-corrected chi connectivity index (χ4v) is 3.44. The van der Waals surface area contributed by atoms with Crippen LogP contribution >= 0.6 is 0 Å². The highest BCUT2D eigenvalue weighted by molar-refractivity contribution is 5.84. The first-order valence-electron chi connectivity index (χ1n) is 9.86. The summed E-state index contributed by atoms with van der Waals surface area (Å²) in [6.07, 6.45) is 1.38. The summed E-state index contributed by atoms with van der Waals surface area (Å²) in [6.45, 7) is 7.87. The summed E-state index contributed by atoms with van der Waals surface area (Å²) >= 11 is 0. The molecule has 0 saturated heterocycles. The molecule has 0 aliphatic heterocycles. The molecule has 1 aromatic heterocycles. The van der Waals surface area contributed by atoms with Crippen molar-refractivity contribution in [1.82, 2.24) is 4.57 Å². The summed E-state index contributed by atoms with van der Waals surface area (Å²) in [7, 11) is 0. The molecule has 152 valence electrons. The molecule has 1 N–H and O–H groups in total. The van der Waals surface area contributed by atoms with Crippen molar-refractivity contribution >= 4 is 11.8 Å². The standard InChI is InChI=1S/C23H27N3O3/c1-15-5-10-20(25-22(28)29-23(2,3)4)21(27)26(15)14-19-12-18(19)11-16-6-8-17(13-24)9-7-16/h5-10,18-19H,11-12,14H2,1-4H3,(H,25,28)/t18-,19+/m0/s1. The number of benzene rings is 1. The van der Waals surface area contributed by atoms with Gasteiger partial charge in [0.15, 0.2) is 0 Å². The van der Waals surface area contributed by atoms with Crippen molar-refractivity contribution in [2.24, 2.45) is 11.8 Å². The Morgan fingerprint density at radius 1 is 1.21 bits per heavy atom. The van der Waals surface area contributed by atoms with Gasteiger partial charge in [0, 0.05) is 12.2 Å². The van der Waals surface area contributed by atoms with E-state index in [2.05, 4.69) is 11.4 Å². The summed E-state index contributed by atoms with van der Waals surface area (Å²) in [5, 5.41) is 11.5. The Hall–Kier alpha value is -3.07. The first-order chi connectivity index (χ1) is 13.7. The van der Waals surface area contributed by atoms with Crippen molar-refractivity contribution in [2.45, 2.75) is 52.7 Å². The maximum Gasteiger partial charge on any atom is 0.412 e. The van der Waals surface area contributed by atoms with E-state index >= 15 is 0 Å². The minimum atomic E-state index is -0.630. The predicted molar refractivity (Wildman–Crippen MR) is 112 cm³/mol. The zero-order valence-corrected chi connectivity index (χ0v) is 17.4. The third-order valence-electron chi connectivity index (χ3n) is 5.10. The summed E-state index contributed by atoms with van der Waals surface area (Å²) in [4.78, 5) is 24.9. The largest absolute Gasteiger partial charge is 0.444 e. The van der Waals surface area contributed by atoms with E-state index < -0.39 is 11.7 Å². The summed E-state index contributed by atoms with van der Waals surface area (Å²) in [5.41, 5.74) is 2.14. The lowest BCUT2D eigenvalue weighted by molar-refractivity contribution is 0.0635. The van der Waals surface area contributed by atoms with Crippen LogP contribution in [0.15, 0.2) is 41.2 Å². The van der Waals surface area contributed by atoms with E-state index in [4.69, 9.17) is 10.00 Å². The zero-order chi connectivity index (χ0) is 21.2. The third kappa shape index (κ3) is 5.47. The summed E-state index contributed by atoms with van der Waals surface area (Å²) in [5.74, 6) is 0.954. The van der Waals surface area contributed by atoms with E-state index in [9.17, 15) is 9.59 Å². The molecule has 1 aliphatic carbocycles. The van der Waals surface area contributed by atoms with Gasteiger partial charge in [-0.05, 0) is 82.2 Å². The van der Waals surface area contributed by atoms with Crippen LogP contribution in [0.2, 0.25) is 0 Å². The van der Waals surface area contributed by atoms with Gasteiger partial charge >= 0.3 is 6.09 Å². The Morgan fingerprint density at radius 2 is 1.90 bits per heavy atom. The number of hydrogen-bond donors (Lipinski definition) is 1. The molecule has 29 heavy (non-hydrogen) atoms. The number of carbonyl (C=O) groups excluding carboxylic acids is 1. The number of aromatic nitrogens is 1. The number of aryl methyl sites for hydroxylation is 1. The van der Waals surface area contributed by atoms with Crippen LogP contribution in [0.25, 0.3) is 0 Å². The topological polar surface area (TPSA) is 84.1 Å². The van der Waals surface area contributed by atoms with Crippen LogP contribution in [0.3, 0.4) is 0 Å². The molecule has 1 amide bonds. The van der Waals surface area contributed by atoms with Crippen LogP contribution in [0.4, 0.5) is 10.5 Å². The molecule has 0 unspecified atom stereocenters. The van der Waals surface area contributed by atoms with Gasteiger partial charge in [0.1, 0.15) is 11.3 Å². The second-order valence-electron chi connectivity index (χ2n) is 8.70. The molecule has 6 nitrogen and oxygen atoms in total. The van der Waals surface area contributed by atoms with Gasteiger partial charge in [-0.25, -0.2) is 4.79 Å². The molecule has 1 saturated carbocycles. The molecule has 0 spiro atoms. The summed E-state index contributed by atoms with van der Waals surface area (Å²) < 4.78 is 6.97. The highest BCUT2D eigenvalue weighted by Gasteiger charge is 2.37. The number of ether oxygens (including phenoxy) is 1. The SMILES string of the molecule is Cc1ccc(NC(=O)OC(C)(C)C)c(=O)n1C[C@H]1C[C@@H]1Cc1ccc(C#N)cc1. The van der Waals surface area contributed by atoms with Gasteiger partial charge in [-0.1, -0.05) is 12.1 Å². The minimum absolute atomic E-state index is 0.208. The van der Waals surface area contributed by atoms with Crippen molar-refractivity contribution in [3.8, 4) is 6.07 Å². The number of nitriles is 1. The van der Waals surface area contributed by atoms with Gasteiger partial charge < -0.3 is 9.30 Å². The maximum absolute atomic E-state index is 12.9. The Kier molecular flexibility index (Phi) is 5.78.